The van der Waals surface area contributed by atoms with Crippen molar-refractivity contribution in [3.05, 3.63) is 63.8 Å². The van der Waals surface area contributed by atoms with E-state index >= 15 is 0 Å². The van der Waals surface area contributed by atoms with Gasteiger partial charge in [-0.15, -0.1) is 0 Å². The zero-order chi connectivity index (χ0) is 20.1. The van der Waals surface area contributed by atoms with Crippen molar-refractivity contribution in [3.8, 4) is 11.4 Å². The molecule has 1 atom stereocenters. The molecule has 28 heavy (non-hydrogen) atoms. The number of alkyl halides is 3. The highest BCUT2D eigenvalue weighted by atomic mass is 19.4. The van der Waals surface area contributed by atoms with Crippen LogP contribution in [0.25, 0.3) is 22.4 Å². The Morgan fingerprint density at radius 2 is 1.86 bits per heavy atom. The maximum atomic E-state index is 12.8. The van der Waals surface area contributed by atoms with Gasteiger partial charge in [0, 0.05) is 6.20 Å². The molecule has 1 unspecified atom stereocenters. The van der Waals surface area contributed by atoms with Gasteiger partial charge in [0.25, 0.3) is 5.56 Å². The molecule has 4 aromatic rings. The van der Waals surface area contributed by atoms with Crippen molar-refractivity contribution in [1.82, 2.24) is 29.9 Å². The number of nitrogens with one attached hydrogen (secondary N) is 2. The lowest BCUT2D eigenvalue weighted by Gasteiger charge is -2.15. The third kappa shape index (κ3) is 2.96. The van der Waals surface area contributed by atoms with Crippen LogP contribution < -0.4 is 5.56 Å². The minimum absolute atomic E-state index is 0.286. The van der Waals surface area contributed by atoms with Crippen LogP contribution in [0.3, 0.4) is 0 Å². The van der Waals surface area contributed by atoms with E-state index < -0.39 is 17.8 Å². The van der Waals surface area contributed by atoms with Gasteiger partial charge in [-0.1, -0.05) is 12.1 Å². The summed E-state index contributed by atoms with van der Waals surface area (Å²) in [7, 11) is 0. The fraction of sp³-hybridized carbons (Fsp3) is 0.222. The first kappa shape index (κ1) is 18.0. The standard InChI is InChI=1S/C18H15F3N6O/c1-9(11-3-5-12(6-4-11)18(19,20)21)27-16-14(17(28)24-10(2)23-16)15(26-27)13-7-8-22-25-13/h3-9H,1-2H3,(H,22,25)(H,23,24,28). The Balaban J connectivity index is 1.88. The van der Waals surface area contributed by atoms with E-state index in [0.29, 0.717) is 28.4 Å². The van der Waals surface area contributed by atoms with E-state index in [9.17, 15) is 18.0 Å². The molecule has 0 aliphatic carbocycles. The Labute approximate surface area is 156 Å². The van der Waals surface area contributed by atoms with Gasteiger partial charge in [-0.25, -0.2) is 9.67 Å². The normalized spacial score (nSPS) is 13.2. The van der Waals surface area contributed by atoms with Gasteiger partial charge >= 0.3 is 6.18 Å². The van der Waals surface area contributed by atoms with Crippen molar-refractivity contribution >= 4 is 11.0 Å². The minimum atomic E-state index is -4.40. The molecule has 0 saturated heterocycles. The summed E-state index contributed by atoms with van der Waals surface area (Å²) in [5.41, 5.74) is 0.793. The number of nitrogens with zero attached hydrogens (tertiary/aromatic N) is 4. The number of hydrogen-bond donors (Lipinski definition) is 2. The van der Waals surface area contributed by atoms with E-state index in [-0.39, 0.29) is 10.9 Å². The maximum Gasteiger partial charge on any atom is 0.416 e. The summed E-state index contributed by atoms with van der Waals surface area (Å²) in [6, 6.07) is 6.08. The third-order valence-corrected chi connectivity index (χ3v) is 4.52. The predicted molar refractivity (Wildman–Crippen MR) is 95.7 cm³/mol. The quantitative estimate of drug-likeness (QED) is 0.562. The van der Waals surface area contributed by atoms with Gasteiger partial charge in [-0.05, 0) is 37.6 Å². The smallest absolute Gasteiger partial charge is 0.310 e. The Morgan fingerprint density at radius 1 is 1.14 bits per heavy atom. The summed E-state index contributed by atoms with van der Waals surface area (Å²) < 4.78 is 40.0. The molecule has 0 saturated carbocycles. The largest absolute Gasteiger partial charge is 0.416 e. The van der Waals surface area contributed by atoms with Crippen molar-refractivity contribution in [3.63, 3.8) is 0 Å². The highest BCUT2D eigenvalue weighted by Crippen LogP contribution is 2.32. The molecule has 1 aromatic carbocycles. The van der Waals surface area contributed by atoms with Crippen molar-refractivity contribution in [1.29, 1.82) is 0 Å². The molecule has 3 aromatic heterocycles. The summed E-state index contributed by atoms with van der Waals surface area (Å²) in [6.45, 7) is 3.43. The Bertz CT molecular complexity index is 1190. The molecule has 0 amide bonds. The van der Waals surface area contributed by atoms with Gasteiger partial charge in [-0.3, -0.25) is 9.89 Å². The first-order valence-corrected chi connectivity index (χ1v) is 8.41. The number of H-pyrrole nitrogens is 2. The van der Waals surface area contributed by atoms with Crippen LogP contribution in [-0.2, 0) is 6.18 Å². The topological polar surface area (TPSA) is 92.2 Å². The van der Waals surface area contributed by atoms with Crippen LogP contribution in [0.1, 0.15) is 29.9 Å². The van der Waals surface area contributed by atoms with E-state index in [1.807, 2.05) is 0 Å². The van der Waals surface area contributed by atoms with Crippen LogP contribution in [-0.4, -0.2) is 29.9 Å². The van der Waals surface area contributed by atoms with E-state index in [4.69, 9.17) is 0 Å². The molecule has 0 spiro atoms. The summed E-state index contributed by atoms with van der Waals surface area (Å²) in [5.74, 6) is 0.412. The number of aromatic amines is 2. The fourth-order valence-corrected chi connectivity index (χ4v) is 3.09. The van der Waals surface area contributed by atoms with E-state index in [1.165, 1.54) is 23.0 Å². The molecular weight excluding hydrogens is 373 g/mol. The van der Waals surface area contributed by atoms with E-state index in [2.05, 4.69) is 25.3 Å². The SMILES string of the molecule is Cc1nc2c(c(-c3ccn[nH]3)nn2C(C)c2ccc(C(F)(F)F)cc2)c(=O)[nH]1. The zero-order valence-corrected chi connectivity index (χ0v) is 14.9. The number of rotatable bonds is 3. The van der Waals surface area contributed by atoms with Crippen LogP contribution in [0.2, 0.25) is 0 Å². The maximum absolute atomic E-state index is 12.8. The second-order valence-electron chi connectivity index (χ2n) is 6.41. The lowest BCUT2D eigenvalue weighted by molar-refractivity contribution is -0.137. The Morgan fingerprint density at radius 3 is 2.46 bits per heavy atom. The summed E-state index contributed by atoms with van der Waals surface area (Å²) >= 11 is 0. The highest BCUT2D eigenvalue weighted by Gasteiger charge is 2.30. The monoisotopic (exact) mass is 388 g/mol. The van der Waals surface area contributed by atoms with E-state index in [0.717, 1.165) is 12.1 Å². The molecule has 0 fully saturated rings. The third-order valence-electron chi connectivity index (χ3n) is 4.52. The number of aromatic nitrogens is 6. The van der Waals surface area contributed by atoms with Crippen LogP contribution >= 0.6 is 0 Å². The lowest BCUT2D eigenvalue weighted by Crippen LogP contribution is -2.13. The molecule has 0 aliphatic rings. The minimum Gasteiger partial charge on any atom is -0.310 e. The van der Waals surface area contributed by atoms with Crippen LogP contribution in [0.5, 0.6) is 0 Å². The molecule has 0 bridgehead atoms. The first-order chi connectivity index (χ1) is 13.3. The average Bonchev–Trinajstić information content (AvgIpc) is 3.28. The average molecular weight is 388 g/mol. The van der Waals surface area contributed by atoms with Crippen LogP contribution in [0, 0.1) is 6.92 Å². The van der Waals surface area contributed by atoms with Gasteiger partial charge in [0.15, 0.2) is 5.65 Å². The second-order valence-corrected chi connectivity index (χ2v) is 6.41. The van der Waals surface area contributed by atoms with Crippen molar-refractivity contribution < 1.29 is 13.2 Å². The summed E-state index contributed by atoms with van der Waals surface area (Å²) in [4.78, 5) is 19.6. The van der Waals surface area contributed by atoms with E-state index in [1.54, 1.807) is 19.9 Å². The number of benzene rings is 1. The van der Waals surface area contributed by atoms with Gasteiger partial charge in [-0.2, -0.15) is 23.4 Å². The molecular formula is C18H15F3N6O. The molecule has 2 N–H and O–H groups in total. The van der Waals surface area contributed by atoms with Crippen molar-refractivity contribution in [2.45, 2.75) is 26.1 Å². The summed E-state index contributed by atoms with van der Waals surface area (Å²) in [6.07, 6.45) is -2.87. The number of halogens is 3. The van der Waals surface area contributed by atoms with Crippen molar-refractivity contribution in [2.24, 2.45) is 0 Å². The van der Waals surface area contributed by atoms with Crippen LogP contribution in [0.4, 0.5) is 13.2 Å². The van der Waals surface area contributed by atoms with Crippen LogP contribution in [0.15, 0.2) is 41.3 Å². The number of fused-ring (bicyclic) bond motifs is 1. The summed E-state index contributed by atoms with van der Waals surface area (Å²) in [5, 5.41) is 11.5. The predicted octanol–water partition coefficient (Wildman–Crippen LogP) is 3.45. The van der Waals surface area contributed by atoms with Gasteiger partial charge in [0.1, 0.15) is 16.9 Å². The lowest BCUT2D eigenvalue weighted by atomic mass is 10.1. The molecule has 4 rings (SSSR count). The highest BCUT2D eigenvalue weighted by molar-refractivity contribution is 5.89. The number of aryl methyl sites for hydroxylation is 1. The number of hydrogen-bond acceptors (Lipinski definition) is 4. The molecule has 144 valence electrons. The zero-order valence-electron chi connectivity index (χ0n) is 14.9. The molecule has 0 radical (unpaired) electrons. The first-order valence-electron chi connectivity index (χ1n) is 8.41. The van der Waals surface area contributed by atoms with Gasteiger partial charge < -0.3 is 4.98 Å². The molecule has 10 heteroatoms. The van der Waals surface area contributed by atoms with Gasteiger partial charge in [0.2, 0.25) is 0 Å². The van der Waals surface area contributed by atoms with Crippen molar-refractivity contribution in [2.75, 3.05) is 0 Å². The second kappa shape index (κ2) is 6.32. The Hall–Kier alpha value is -3.43. The molecule has 3 heterocycles. The molecule has 7 nitrogen and oxygen atoms in total. The molecule has 0 aliphatic heterocycles. The van der Waals surface area contributed by atoms with Gasteiger partial charge in [0.05, 0.1) is 17.3 Å². The Kier molecular flexibility index (Phi) is 4.06. The fourth-order valence-electron chi connectivity index (χ4n) is 3.09.